The second kappa shape index (κ2) is 13.9. The van der Waals surface area contributed by atoms with Gasteiger partial charge in [0, 0.05) is 13.1 Å². The van der Waals surface area contributed by atoms with Crippen LogP contribution in [0.25, 0.3) is 0 Å². The first-order chi connectivity index (χ1) is 18.6. The predicted octanol–water partition coefficient (Wildman–Crippen LogP) is 4.71. The molecule has 7 nitrogen and oxygen atoms in total. The van der Waals surface area contributed by atoms with Crippen molar-refractivity contribution < 1.29 is 22.4 Å². The molecule has 3 rings (SSSR count). The highest BCUT2D eigenvalue weighted by molar-refractivity contribution is 7.92. The van der Waals surface area contributed by atoms with Gasteiger partial charge in [0.15, 0.2) is 0 Å². The van der Waals surface area contributed by atoms with Crippen molar-refractivity contribution in [3.63, 3.8) is 0 Å². The van der Waals surface area contributed by atoms with Crippen LogP contribution >= 0.6 is 0 Å². The van der Waals surface area contributed by atoms with Crippen LogP contribution < -0.4 is 9.62 Å². The minimum absolute atomic E-state index is 0.140. The molecule has 0 heterocycles. The molecule has 0 bridgehead atoms. The number of anilines is 1. The van der Waals surface area contributed by atoms with Crippen molar-refractivity contribution in [1.29, 1.82) is 0 Å². The van der Waals surface area contributed by atoms with Crippen LogP contribution in [0.1, 0.15) is 37.8 Å². The van der Waals surface area contributed by atoms with Gasteiger partial charge in [0.05, 0.1) is 10.6 Å². The van der Waals surface area contributed by atoms with Gasteiger partial charge < -0.3 is 10.2 Å². The van der Waals surface area contributed by atoms with Gasteiger partial charge in [0.25, 0.3) is 10.0 Å². The minimum atomic E-state index is -4.22. The Labute approximate surface area is 230 Å². The van der Waals surface area contributed by atoms with Crippen LogP contribution in [0.5, 0.6) is 0 Å². The number of aryl methyl sites for hydroxylation is 1. The van der Waals surface area contributed by atoms with Gasteiger partial charge in [-0.3, -0.25) is 13.9 Å². The van der Waals surface area contributed by atoms with E-state index in [2.05, 4.69) is 5.32 Å². The molecule has 0 aliphatic heterocycles. The zero-order chi connectivity index (χ0) is 28.4. The molecule has 208 valence electrons. The van der Waals surface area contributed by atoms with Gasteiger partial charge >= 0.3 is 0 Å². The van der Waals surface area contributed by atoms with Crippen molar-refractivity contribution in [2.75, 3.05) is 23.9 Å². The number of benzene rings is 3. The van der Waals surface area contributed by atoms with Crippen molar-refractivity contribution in [2.24, 2.45) is 0 Å². The number of nitrogens with zero attached hydrogens (tertiary/aromatic N) is 2. The van der Waals surface area contributed by atoms with Crippen LogP contribution in [0.4, 0.5) is 10.1 Å². The Bertz CT molecular complexity index is 1330. The molecule has 1 N–H and O–H groups in total. The summed E-state index contributed by atoms with van der Waals surface area (Å²) in [6.45, 7) is 5.74. The molecule has 0 fully saturated rings. The lowest BCUT2D eigenvalue weighted by Gasteiger charge is -2.32. The summed E-state index contributed by atoms with van der Waals surface area (Å²) in [5.74, 6) is -1.38. The largest absolute Gasteiger partial charge is 0.354 e. The minimum Gasteiger partial charge on any atom is -0.354 e. The third kappa shape index (κ3) is 8.13. The molecular weight excluding hydrogens is 517 g/mol. The van der Waals surface area contributed by atoms with Gasteiger partial charge in [-0.05, 0) is 68.7 Å². The van der Waals surface area contributed by atoms with Crippen molar-refractivity contribution in [3.8, 4) is 0 Å². The fraction of sp³-hybridized carbons (Fsp3) is 0.333. The standard InChI is InChI=1S/C30H36FN3O4S/c1-4-5-20-32-30(36)24(3)33(21-19-25-9-7-6-8-10-25)29(35)22-34(27-15-11-23(2)12-16-27)39(37,38)28-17-13-26(31)14-18-28/h6-18,24H,4-5,19-22H2,1-3H3,(H,32,36)/t24-/m0/s1. The van der Waals surface area contributed by atoms with E-state index in [0.29, 0.717) is 18.7 Å². The number of amides is 2. The zero-order valence-corrected chi connectivity index (χ0v) is 23.5. The van der Waals surface area contributed by atoms with Crippen LogP contribution in [-0.2, 0) is 26.0 Å². The van der Waals surface area contributed by atoms with E-state index < -0.39 is 34.3 Å². The van der Waals surface area contributed by atoms with Crippen LogP contribution in [0.15, 0.2) is 83.8 Å². The van der Waals surface area contributed by atoms with E-state index >= 15 is 0 Å². The maximum absolute atomic E-state index is 13.8. The summed E-state index contributed by atoms with van der Waals surface area (Å²) >= 11 is 0. The van der Waals surface area contributed by atoms with E-state index in [1.807, 2.05) is 44.2 Å². The lowest BCUT2D eigenvalue weighted by Crippen LogP contribution is -2.52. The number of halogens is 1. The molecule has 0 saturated carbocycles. The first-order valence-electron chi connectivity index (χ1n) is 13.1. The van der Waals surface area contributed by atoms with Gasteiger partial charge in [-0.25, -0.2) is 12.8 Å². The molecule has 9 heteroatoms. The average molecular weight is 554 g/mol. The molecule has 0 unspecified atom stereocenters. The molecule has 2 amide bonds. The van der Waals surface area contributed by atoms with Gasteiger partial charge in [-0.1, -0.05) is 61.4 Å². The summed E-state index contributed by atoms with van der Waals surface area (Å²) in [5, 5.41) is 2.87. The molecule has 0 aliphatic rings. The molecule has 3 aromatic carbocycles. The summed E-state index contributed by atoms with van der Waals surface area (Å²) in [4.78, 5) is 28.0. The SMILES string of the molecule is CCCCNC(=O)[C@H](C)N(CCc1ccccc1)C(=O)CN(c1ccc(C)cc1)S(=O)(=O)c1ccc(F)cc1. The van der Waals surface area contributed by atoms with Crippen LogP contribution in [0.3, 0.4) is 0 Å². The average Bonchev–Trinajstić information content (AvgIpc) is 2.93. The molecule has 1 atom stereocenters. The lowest BCUT2D eigenvalue weighted by atomic mass is 10.1. The summed E-state index contributed by atoms with van der Waals surface area (Å²) in [5.41, 5.74) is 2.20. The highest BCUT2D eigenvalue weighted by atomic mass is 32.2. The quantitative estimate of drug-likeness (QED) is 0.311. The monoisotopic (exact) mass is 553 g/mol. The molecule has 3 aromatic rings. The summed E-state index contributed by atoms with van der Waals surface area (Å²) in [7, 11) is -4.22. The van der Waals surface area contributed by atoms with E-state index in [1.165, 1.54) is 17.0 Å². The summed E-state index contributed by atoms with van der Waals surface area (Å²) in [6, 6.07) is 20.0. The van der Waals surface area contributed by atoms with Gasteiger partial charge in [-0.2, -0.15) is 0 Å². The predicted molar refractivity (Wildman–Crippen MR) is 151 cm³/mol. The Balaban J connectivity index is 1.94. The third-order valence-corrected chi connectivity index (χ3v) is 8.27. The maximum Gasteiger partial charge on any atom is 0.264 e. The summed E-state index contributed by atoms with van der Waals surface area (Å²) in [6.07, 6.45) is 2.22. The maximum atomic E-state index is 13.8. The fourth-order valence-electron chi connectivity index (χ4n) is 4.08. The number of hydrogen-bond acceptors (Lipinski definition) is 4. The third-order valence-electron chi connectivity index (χ3n) is 6.48. The molecule has 39 heavy (non-hydrogen) atoms. The zero-order valence-electron chi connectivity index (χ0n) is 22.6. The molecular formula is C30H36FN3O4S. The van der Waals surface area contributed by atoms with E-state index in [-0.39, 0.29) is 17.3 Å². The Morgan fingerprint density at radius 1 is 0.949 bits per heavy atom. The van der Waals surface area contributed by atoms with Crippen molar-refractivity contribution in [3.05, 3.63) is 95.8 Å². The fourth-order valence-corrected chi connectivity index (χ4v) is 5.49. The van der Waals surface area contributed by atoms with Crippen molar-refractivity contribution in [1.82, 2.24) is 10.2 Å². The lowest BCUT2D eigenvalue weighted by molar-refractivity contribution is -0.138. The smallest absolute Gasteiger partial charge is 0.264 e. The Morgan fingerprint density at radius 3 is 2.21 bits per heavy atom. The highest BCUT2D eigenvalue weighted by Crippen LogP contribution is 2.25. The number of sulfonamides is 1. The van der Waals surface area contributed by atoms with Gasteiger partial charge in [0.2, 0.25) is 11.8 Å². The molecule has 0 spiro atoms. The molecule has 0 aliphatic carbocycles. The van der Waals surface area contributed by atoms with Crippen molar-refractivity contribution >= 4 is 27.5 Å². The van der Waals surface area contributed by atoms with E-state index in [1.54, 1.807) is 31.2 Å². The number of hydrogen-bond donors (Lipinski definition) is 1. The number of nitrogens with one attached hydrogen (secondary N) is 1. The molecule has 0 saturated heterocycles. The first-order valence-corrected chi connectivity index (χ1v) is 14.5. The summed E-state index contributed by atoms with van der Waals surface area (Å²) < 4.78 is 42.0. The van der Waals surface area contributed by atoms with Crippen LogP contribution in [-0.4, -0.2) is 50.8 Å². The normalized spacial score (nSPS) is 12.0. The van der Waals surface area contributed by atoms with E-state index in [0.717, 1.165) is 40.4 Å². The van der Waals surface area contributed by atoms with Crippen LogP contribution in [0.2, 0.25) is 0 Å². The molecule has 0 aromatic heterocycles. The van der Waals surface area contributed by atoms with Gasteiger partial charge in [-0.15, -0.1) is 0 Å². The Kier molecular flexibility index (Phi) is 10.6. The first kappa shape index (κ1) is 29.8. The number of rotatable bonds is 13. The second-order valence-electron chi connectivity index (χ2n) is 9.44. The highest BCUT2D eigenvalue weighted by Gasteiger charge is 2.32. The topological polar surface area (TPSA) is 86.8 Å². The number of carbonyl (C=O) groups is 2. The van der Waals surface area contributed by atoms with E-state index in [9.17, 15) is 22.4 Å². The van der Waals surface area contributed by atoms with Crippen LogP contribution in [0, 0.1) is 12.7 Å². The Morgan fingerprint density at radius 2 is 1.59 bits per heavy atom. The Hall–Kier alpha value is -3.72. The van der Waals surface area contributed by atoms with E-state index in [4.69, 9.17) is 0 Å². The number of carbonyl (C=O) groups excluding carboxylic acids is 2. The van der Waals surface area contributed by atoms with Gasteiger partial charge in [0.1, 0.15) is 18.4 Å². The number of unbranched alkanes of at least 4 members (excludes halogenated alkanes) is 1. The molecule has 0 radical (unpaired) electrons. The second-order valence-corrected chi connectivity index (χ2v) is 11.3. The van der Waals surface area contributed by atoms with Crippen molar-refractivity contribution in [2.45, 2.75) is 51.0 Å².